The van der Waals surface area contributed by atoms with E-state index in [0.29, 0.717) is 19.3 Å². The second-order valence-electron chi connectivity index (χ2n) is 18.8. The zero-order chi connectivity index (χ0) is 48.6. The van der Waals surface area contributed by atoms with Gasteiger partial charge in [0.15, 0.2) is 6.10 Å². The lowest BCUT2D eigenvalue weighted by atomic mass is 10.0. The molecule has 1 unspecified atom stereocenters. The number of hydrogen-bond donors (Lipinski definition) is 0. The molecule has 0 saturated heterocycles. The molecule has 0 radical (unpaired) electrons. The standard InChI is InChI=1S/C61H106O6/c1-4-7-10-13-16-19-22-25-27-29-30-31-32-33-35-36-39-42-45-48-51-54-60(63)66-57-58(56-65-59(62)53-50-47-44-41-38-24-21-18-15-12-9-6-3)67-61(64)55-52-49-46-43-40-37-34-28-26-23-20-17-14-11-8-5-2/h7,10,16,19,25,27-28,30-31,33-35,58H,4-6,8-9,11-15,17-18,20-24,26,29,32,36-57H2,1-3H3/b10-7-,19-16-,27-25-,31-30-,34-28-,35-33-. The minimum Gasteiger partial charge on any atom is -0.462 e. The number of unbranched alkanes of at least 4 members (excludes halogenated alkanes) is 28. The molecule has 0 aromatic heterocycles. The van der Waals surface area contributed by atoms with Crippen LogP contribution in [0.1, 0.15) is 278 Å². The Kier molecular flexibility index (Phi) is 52.8. The lowest BCUT2D eigenvalue weighted by Gasteiger charge is -2.18. The molecule has 386 valence electrons. The van der Waals surface area contributed by atoms with Gasteiger partial charge in [0.25, 0.3) is 0 Å². The first-order valence-corrected chi connectivity index (χ1v) is 28.4. The molecule has 1 atom stereocenters. The molecule has 0 spiro atoms. The summed E-state index contributed by atoms with van der Waals surface area (Å²) in [6.07, 6.45) is 70.3. The third-order valence-corrected chi connectivity index (χ3v) is 12.2. The Balaban J connectivity index is 4.39. The van der Waals surface area contributed by atoms with Crippen molar-refractivity contribution in [3.05, 3.63) is 72.9 Å². The van der Waals surface area contributed by atoms with E-state index in [9.17, 15) is 14.4 Å². The minimum atomic E-state index is -0.786. The van der Waals surface area contributed by atoms with E-state index < -0.39 is 6.10 Å². The van der Waals surface area contributed by atoms with Gasteiger partial charge in [-0.15, -0.1) is 0 Å². The summed E-state index contributed by atoms with van der Waals surface area (Å²) in [5, 5.41) is 0. The van der Waals surface area contributed by atoms with Crippen LogP contribution in [0, 0.1) is 0 Å². The van der Waals surface area contributed by atoms with Crippen LogP contribution in [-0.4, -0.2) is 37.2 Å². The van der Waals surface area contributed by atoms with E-state index in [-0.39, 0.29) is 31.1 Å². The van der Waals surface area contributed by atoms with Crippen molar-refractivity contribution in [1.82, 2.24) is 0 Å². The van der Waals surface area contributed by atoms with Gasteiger partial charge < -0.3 is 14.2 Å². The highest BCUT2D eigenvalue weighted by atomic mass is 16.6. The number of esters is 3. The molecule has 6 nitrogen and oxygen atoms in total. The van der Waals surface area contributed by atoms with E-state index in [4.69, 9.17) is 14.2 Å². The molecule has 0 saturated carbocycles. The monoisotopic (exact) mass is 935 g/mol. The quantitative estimate of drug-likeness (QED) is 0.0262. The molecule has 6 heteroatoms. The lowest BCUT2D eigenvalue weighted by Crippen LogP contribution is -2.30. The Bertz CT molecular complexity index is 1260. The molecule has 0 aliphatic rings. The maximum absolute atomic E-state index is 12.8. The van der Waals surface area contributed by atoms with Crippen LogP contribution in [0.5, 0.6) is 0 Å². The number of allylic oxidation sites excluding steroid dienone is 12. The highest BCUT2D eigenvalue weighted by molar-refractivity contribution is 5.71. The van der Waals surface area contributed by atoms with Gasteiger partial charge in [-0.2, -0.15) is 0 Å². The van der Waals surface area contributed by atoms with Crippen LogP contribution < -0.4 is 0 Å². The lowest BCUT2D eigenvalue weighted by molar-refractivity contribution is -0.167. The van der Waals surface area contributed by atoms with E-state index >= 15 is 0 Å². The number of rotatable bonds is 51. The van der Waals surface area contributed by atoms with Crippen molar-refractivity contribution in [2.45, 2.75) is 284 Å². The Labute approximate surface area is 414 Å². The van der Waals surface area contributed by atoms with Gasteiger partial charge in [-0.05, 0) is 89.9 Å². The summed E-state index contributed by atoms with van der Waals surface area (Å²) >= 11 is 0. The summed E-state index contributed by atoms with van der Waals surface area (Å²) < 4.78 is 16.8. The Hall–Kier alpha value is -3.15. The van der Waals surface area contributed by atoms with Gasteiger partial charge in [0.05, 0.1) is 0 Å². The van der Waals surface area contributed by atoms with Gasteiger partial charge in [0.1, 0.15) is 13.2 Å². The SMILES string of the molecule is CC/C=C\C/C=C\C/C=C\C/C=C\C/C=C\CCCCCCCC(=O)OCC(COC(=O)CCCCCCCCCCCCCC)OC(=O)CCCCCCC/C=C\CCCCCCCCC. The first-order valence-electron chi connectivity index (χ1n) is 28.4. The minimum absolute atomic E-state index is 0.0829. The van der Waals surface area contributed by atoms with Crippen molar-refractivity contribution in [2.24, 2.45) is 0 Å². The third kappa shape index (κ3) is 53.7. The molecule has 0 aromatic carbocycles. The Morgan fingerprint density at radius 3 is 0.925 bits per heavy atom. The smallest absolute Gasteiger partial charge is 0.306 e. The van der Waals surface area contributed by atoms with Gasteiger partial charge in [-0.25, -0.2) is 0 Å². The first kappa shape index (κ1) is 63.8. The van der Waals surface area contributed by atoms with E-state index in [1.54, 1.807) is 0 Å². The van der Waals surface area contributed by atoms with Gasteiger partial charge in [-0.1, -0.05) is 241 Å². The molecule has 0 amide bonds. The average Bonchev–Trinajstić information content (AvgIpc) is 3.33. The number of carbonyl (C=O) groups is 3. The normalized spacial score (nSPS) is 12.6. The molecule has 67 heavy (non-hydrogen) atoms. The van der Waals surface area contributed by atoms with Crippen molar-refractivity contribution in [1.29, 1.82) is 0 Å². The second kappa shape index (κ2) is 55.4. The van der Waals surface area contributed by atoms with Crippen LogP contribution in [0.4, 0.5) is 0 Å². The summed E-state index contributed by atoms with van der Waals surface area (Å²) in [5.41, 5.74) is 0. The van der Waals surface area contributed by atoms with E-state index in [1.807, 2.05) is 0 Å². The first-order chi connectivity index (χ1) is 33.0. The second-order valence-corrected chi connectivity index (χ2v) is 18.8. The maximum atomic E-state index is 12.8. The molecule has 0 rings (SSSR count). The van der Waals surface area contributed by atoms with Crippen LogP contribution in [0.2, 0.25) is 0 Å². The molecule has 0 heterocycles. The number of carbonyl (C=O) groups excluding carboxylic acids is 3. The van der Waals surface area contributed by atoms with Gasteiger partial charge >= 0.3 is 17.9 Å². The molecular weight excluding hydrogens is 829 g/mol. The summed E-state index contributed by atoms with van der Waals surface area (Å²) in [6, 6.07) is 0. The predicted molar refractivity (Wildman–Crippen MR) is 288 cm³/mol. The topological polar surface area (TPSA) is 78.9 Å². The summed E-state index contributed by atoms with van der Waals surface area (Å²) in [7, 11) is 0. The van der Waals surface area contributed by atoms with Gasteiger partial charge in [-0.3, -0.25) is 14.4 Å². The van der Waals surface area contributed by atoms with Crippen LogP contribution in [0.15, 0.2) is 72.9 Å². The predicted octanol–water partition coefficient (Wildman–Crippen LogP) is 19.0. The van der Waals surface area contributed by atoms with Crippen molar-refractivity contribution < 1.29 is 28.6 Å². The maximum Gasteiger partial charge on any atom is 0.306 e. The fourth-order valence-electron chi connectivity index (χ4n) is 7.93. The molecule has 0 aliphatic carbocycles. The van der Waals surface area contributed by atoms with E-state index in [1.165, 1.54) is 116 Å². The Morgan fingerprint density at radius 2 is 0.582 bits per heavy atom. The fourth-order valence-corrected chi connectivity index (χ4v) is 7.93. The highest BCUT2D eigenvalue weighted by Gasteiger charge is 2.19. The summed E-state index contributed by atoms with van der Waals surface area (Å²) in [5.74, 6) is -0.903. The van der Waals surface area contributed by atoms with Crippen LogP contribution >= 0.6 is 0 Å². The van der Waals surface area contributed by atoms with Crippen molar-refractivity contribution in [2.75, 3.05) is 13.2 Å². The van der Waals surface area contributed by atoms with Crippen molar-refractivity contribution >= 4 is 17.9 Å². The molecule has 0 bridgehead atoms. The number of ether oxygens (including phenoxy) is 3. The van der Waals surface area contributed by atoms with Crippen LogP contribution in [-0.2, 0) is 28.6 Å². The molecule has 0 aliphatic heterocycles. The molecule has 0 fully saturated rings. The average molecular weight is 936 g/mol. The molecule has 0 aromatic rings. The summed E-state index contributed by atoms with van der Waals surface area (Å²) in [6.45, 7) is 6.51. The highest BCUT2D eigenvalue weighted by Crippen LogP contribution is 2.15. The largest absolute Gasteiger partial charge is 0.462 e. The Morgan fingerprint density at radius 1 is 0.313 bits per heavy atom. The zero-order valence-corrected chi connectivity index (χ0v) is 44.2. The van der Waals surface area contributed by atoms with Gasteiger partial charge in [0, 0.05) is 19.3 Å². The zero-order valence-electron chi connectivity index (χ0n) is 44.2. The van der Waals surface area contributed by atoms with Crippen LogP contribution in [0.3, 0.4) is 0 Å². The third-order valence-electron chi connectivity index (χ3n) is 12.2. The summed E-state index contributed by atoms with van der Waals surface area (Å²) in [4.78, 5) is 38.1. The van der Waals surface area contributed by atoms with E-state index in [0.717, 1.165) is 122 Å². The van der Waals surface area contributed by atoms with Crippen molar-refractivity contribution in [3.63, 3.8) is 0 Å². The molecular formula is C61H106O6. The van der Waals surface area contributed by atoms with Crippen molar-refractivity contribution in [3.8, 4) is 0 Å². The fraction of sp³-hybridized carbons (Fsp3) is 0.754. The van der Waals surface area contributed by atoms with Crippen LogP contribution in [0.25, 0.3) is 0 Å². The molecule has 0 N–H and O–H groups in total. The number of hydrogen-bond acceptors (Lipinski definition) is 6. The van der Waals surface area contributed by atoms with E-state index in [2.05, 4.69) is 93.7 Å². The van der Waals surface area contributed by atoms with Gasteiger partial charge in [0.2, 0.25) is 0 Å².